The van der Waals surface area contributed by atoms with Gasteiger partial charge in [0.15, 0.2) is 5.96 Å². The minimum atomic E-state index is 0. The smallest absolute Gasteiger partial charge is 0.213 e. The number of hydrogen-bond acceptors (Lipinski definition) is 3. The number of aromatic nitrogens is 1. The first-order chi connectivity index (χ1) is 11.3. The molecule has 0 unspecified atom stereocenters. The molecule has 1 aromatic heterocycles. The molecular weight excluding hydrogens is 415 g/mol. The van der Waals surface area contributed by atoms with Gasteiger partial charge in [-0.05, 0) is 50.2 Å². The number of halogens is 1. The topological polar surface area (TPSA) is 58.5 Å². The normalized spacial score (nSPS) is 17.5. The maximum absolute atomic E-state index is 5.73. The fraction of sp³-hybridized carbons (Fsp3) is 0.556. The predicted octanol–water partition coefficient (Wildman–Crippen LogP) is 3.26. The molecule has 1 heterocycles. The molecular formula is C18H27IN4O. The van der Waals surface area contributed by atoms with E-state index < -0.39 is 0 Å². The summed E-state index contributed by atoms with van der Waals surface area (Å²) in [4.78, 5) is 8.95. The third kappa shape index (κ3) is 6.30. The average molecular weight is 442 g/mol. The van der Waals surface area contributed by atoms with Gasteiger partial charge >= 0.3 is 0 Å². The van der Waals surface area contributed by atoms with Gasteiger partial charge < -0.3 is 15.4 Å². The van der Waals surface area contributed by atoms with Crippen LogP contribution in [0, 0.1) is 5.92 Å². The molecule has 24 heavy (non-hydrogen) atoms. The molecule has 1 saturated carbocycles. The van der Waals surface area contributed by atoms with Crippen LogP contribution in [0.4, 0.5) is 0 Å². The van der Waals surface area contributed by atoms with Gasteiger partial charge in [-0.25, -0.2) is 9.98 Å². The van der Waals surface area contributed by atoms with Crippen LogP contribution in [0.2, 0.25) is 0 Å². The zero-order valence-electron chi connectivity index (χ0n) is 14.2. The monoisotopic (exact) mass is 442 g/mol. The zero-order chi connectivity index (χ0) is 15.9. The number of nitrogens with zero attached hydrogens (tertiary/aromatic N) is 2. The first kappa shape index (κ1) is 19.0. The van der Waals surface area contributed by atoms with E-state index >= 15 is 0 Å². The third-order valence-corrected chi connectivity index (χ3v) is 4.08. The van der Waals surface area contributed by atoms with Gasteiger partial charge in [0.25, 0.3) is 0 Å². The van der Waals surface area contributed by atoms with Crippen molar-refractivity contribution in [2.24, 2.45) is 10.9 Å². The Hall–Kier alpha value is -1.31. The lowest BCUT2D eigenvalue weighted by atomic mass is 10.2. The minimum Gasteiger partial charge on any atom is -0.477 e. The van der Waals surface area contributed by atoms with Crippen LogP contribution >= 0.6 is 24.0 Å². The second-order valence-corrected chi connectivity index (χ2v) is 6.24. The van der Waals surface area contributed by atoms with Crippen LogP contribution in [0.15, 0.2) is 35.5 Å². The Bertz CT molecular complexity index is 564. The van der Waals surface area contributed by atoms with E-state index in [2.05, 4.69) is 39.7 Å². The summed E-state index contributed by atoms with van der Waals surface area (Å²) < 4.78 is 5.73. The lowest BCUT2D eigenvalue weighted by molar-refractivity contribution is 0.288. The summed E-state index contributed by atoms with van der Waals surface area (Å²) in [5.74, 6) is 2.32. The minimum absolute atomic E-state index is 0. The van der Waals surface area contributed by atoms with Crippen LogP contribution in [0.1, 0.15) is 38.2 Å². The fourth-order valence-corrected chi connectivity index (χ4v) is 2.53. The Balaban J connectivity index is 0.00000208. The molecule has 0 aliphatic heterocycles. The second-order valence-electron chi connectivity index (χ2n) is 6.24. The number of hydrogen-bond donors (Lipinski definition) is 2. The van der Waals surface area contributed by atoms with Gasteiger partial charge in [-0.15, -0.1) is 24.0 Å². The number of ether oxygens (including phenoxy) is 1. The molecule has 2 aliphatic carbocycles. The molecule has 0 aromatic carbocycles. The average Bonchev–Trinajstić information content (AvgIpc) is 3.26. The van der Waals surface area contributed by atoms with Crippen molar-refractivity contribution in [2.75, 3.05) is 13.2 Å². The van der Waals surface area contributed by atoms with Crippen molar-refractivity contribution in [1.82, 2.24) is 15.6 Å². The van der Waals surface area contributed by atoms with Crippen molar-refractivity contribution in [3.05, 3.63) is 36.0 Å². The largest absolute Gasteiger partial charge is 0.477 e. The zero-order valence-corrected chi connectivity index (χ0v) is 16.5. The molecule has 0 atom stereocenters. The highest BCUT2D eigenvalue weighted by molar-refractivity contribution is 14.0. The molecule has 0 amide bonds. The van der Waals surface area contributed by atoms with Crippen LogP contribution in [0.3, 0.4) is 0 Å². The summed E-state index contributed by atoms with van der Waals surface area (Å²) in [5.41, 5.74) is 1.12. The van der Waals surface area contributed by atoms with E-state index in [9.17, 15) is 0 Å². The standard InChI is InChI=1S/C18H26N4O.HI/c1-2-19-18(22-16-5-3-4-6-16)21-12-15-9-10-20-17(11-15)23-13-14-7-8-14;/h3-4,9-11,14,16H,2,5-8,12-13H2,1H3,(H2,19,21,22);1H. The Morgan fingerprint density at radius 2 is 2.12 bits per heavy atom. The highest BCUT2D eigenvalue weighted by atomic mass is 127. The van der Waals surface area contributed by atoms with Crippen LogP contribution in [-0.4, -0.2) is 30.1 Å². The van der Waals surface area contributed by atoms with E-state index in [1.54, 1.807) is 6.20 Å². The highest BCUT2D eigenvalue weighted by Gasteiger charge is 2.22. The maximum atomic E-state index is 5.73. The van der Waals surface area contributed by atoms with Crippen LogP contribution in [0.25, 0.3) is 0 Å². The number of pyridine rings is 1. The van der Waals surface area contributed by atoms with Crippen molar-refractivity contribution in [3.63, 3.8) is 0 Å². The Labute approximate surface area is 161 Å². The maximum Gasteiger partial charge on any atom is 0.213 e. The van der Waals surface area contributed by atoms with Crippen molar-refractivity contribution in [2.45, 2.75) is 45.2 Å². The summed E-state index contributed by atoms with van der Waals surface area (Å²) in [6.07, 6.45) is 10.9. The van der Waals surface area contributed by atoms with Gasteiger partial charge in [0, 0.05) is 24.8 Å². The first-order valence-corrected chi connectivity index (χ1v) is 8.61. The van der Waals surface area contributed by atoms with Crippen LogP contribution in [-0.2, 0) is 6.54 Å². The van der Waals surface area contributed by atoms with Gasteiger partial charge in [0.2, 0.25) is 5.88 Å². The molecule has 2 aliphatic rings. The molecule has 0 radical (unpaired) electrons. The molecule has 0 saturated heterocycles. The molecule has 2 N–H and O–H groups in total. The number of aliphatic imine (C=N–C) groups is 1. The van der Waals surface area contributed by atoms with E-state index in [4.69, 9.17) is 4.74 Å². The van der Waals surface area contributed by atoms with Crippen molar-refractivity contribution in [1.29, 1.82) is 0 Å². The Kier molecular flexibility index (Phi) is 7.81. The van der Waals surface area contributed by atoms with Crippen molar-refractivity contribution >= 4 is 29.9 Å². The van der Waals surface area contributed by atoms with E-state index in [1.807, 2.05) is 12.1 Å². The van der Waals surface area contributed by atoms with E-state index in [1.165, 1.54) is 12.8 Å². The van der Waals surface area contributed by atoms with Gasteiger partial charge in [-0.3, -0.25) is 0 Å². The summed E-state index contributed by atoms with van der Waals surface area (Å²) in [6, 6.07) is 4.45. The van der Waals surface area contributed by atoms with Gasteiger partial charge in [-0.1, -0.05) is 12.2 Å². The fourth-order valence-electron chi connectivity index (χ4n) is 2.53. The summed E-state index contributed by atoms with van der Waals surface area (Å²) in [5, 5.41) is 6.79. The predicted molar refractivity (Wildman–Crippen MR) is 108 cm³/mol. The quantitative estimate of drug-likeness (QED) is 0.295. The first-order valence-electron chi connectivity index (χ1n) is 8.61. The van der Waals surface area contributed by atoms with Crippen LogP contribution < -0.4 is 15.4 Å². The number of rotatable bonds is 7. The van der Waals surface area contributed by atoms with Crippen molar-refractivity contribution < 1.29 is 4.74 Å². The molecule has 1 fully saturated rings. The molecule has 0 spiro atoms. The second kappa shape index (κ2) is 9.86. The van der Waals surface area contributed by atoms with Gasteiger partial charge in [0.05, 0.1) is 13.2 Å². The Morgan fingerprint density at radius 1 is 1.33 bits per heavy atom. The SMILES string of the molecule is CCNC(=NCc1ccnc(OCC2CC2)c1)NC1CC=CC1.I. The molecule has 0 bridgehead atoms. The number of nitrogens with one attached hydrogen (secondary N) is 2. The molecule has 3 rings (SSSR count). The van der Waals surface area contributed by atoms with Crippen molar-refractivity contribution in [3.8, 4) is 5.88 Å². The number of guanidine groups is 1. The lowest BCUT2D eigenvalue weighted by Gasteiger charge is -2.16. The van der Waals surface area contributed by atoms with Gasteiger partial charge in [0.1, 0.15) is 0 Å². The van der Waals surface area contributed by atoms with Crippen LogP contribution in [0.5, 0.6) is 5.88 Å². The molecule has 5 nitrogen and oxygen atoms in total. The van der Waals surface area contributed by atoms with Gasteiger partial charge in [-0.2, -0.15) is 0 Å². The molecule has 1 aromatic rings. The van der Waals surface area contributed by atoms with E-state index in [0.29, 0.717) is 18.5 Å². The van der Waals surface area contributed by atoms with E-state index in [-0.39, 0.29) is 24.0 Å². The highest BCUT2D eigenvalue weighted by Crippen LogP contribution is 2.29. The Morgan fingerprint density at radius 3 is 2.83 bits per heavy atom. The lowest BCUT2D eigenvalue weighted by Crippen LogP contribution is -2.42. The molecule has 132 valence electrons. The molecule has 6 heteroatoms. The van der Waals surface area contributed by atoms with E-state index in [0.717, 1.165) is 43.4 Å². The third-order valence-electron chi connectivity index (χ3n) is 4.08. The summed E-state index contributed by atoms with van der Waals surface area (Å²) in [6.45, 7) is 4.36. The summed E-state index contributed by atoms with van der Waals surface area (Å²) >= 11 is 0. The summed E-state index contributed by atoms with van der Waals surface area (Å²) in [7, 11) is 0.